The largest absolute Gasteiger partial charge is 0.423 e. The number of carbonyl (C=O) groups excluding carboxylic acids is 1. The fraction of sp³-hybridized carbons (Fsp3) is 0.176. The van der Waals surface area contributed by atoms with Gasteiger partial charge in [0.1, 0.15) is 5.75 Å². The van der Waals surface area contributed by atoms with Crippen LogP contribution >= 0.6 is 0 Å². The van der Waals surface area contributed by atoms with E-state index in [0.717, 1.165) is 4.31 Å². The van der Waals surface area contributed by atoms with Gasteiger partial charge in [-0.1, -0.05) is 0 Å². The monoisotopic (exact) mass is 458 g/mol. The number of esters is 1. The number of sulfonamides is 1. The van der Waals surface area contributed by atoms with Crippen LogP contribution in [0.15, 0.2) is 58.4 Å². The number of benzene rings is 2. The molecule has 2 aromatic rings. The molecule has 0 radical (unpaired) electrons. The van der Waals surface area contributed by atoms with E-state index in [1.54, 1.807) is 12.1 Å². The first-order valence-corrected chi connectivity index (χ1v) is 11.4. The summed E-state index contributed by atoms with van der Waals surface area (Å²) < 4.78 is 56.2. The third-order valence-electron chi connectivity index (χ3n) is 3.17. The van der Waals surface area contributed by atoms with Crippen molar-refractivity contribution in [3.63, 3.8) is 0 Å². The quantitative estimate of drug-likeness (QED) is 0.189. The van der Waals surface area contributed by atoms with E-state index in [9.17, 15) is 21.6 Å². The molecule has 0 atom stereocenters. The molecule has 0 unspecified atom stereocenters. The molecule has 0 heterocycles. The number of carbonyl (C=O) groups is 1. The first kappa shape index (κ1) is 25.0. The molecule has 0 spiro atoms. The molecule has 0 fully saturated rings. The van der Waals surface area contributed by atoms with Crippen LogP contribution in [0.25, 0.3) is 0 Å². The topological polar surface area (TPSA) is 182 Å². The van der Waals surface area contributed by atoms with Crippen molar-refractivity contribution in [2.45, 2.75) is 4.90 Å². The molecule has 2 aromatic carbocycles. The molecule has 0 amide bonds. The number of ether oxygens (including phenoxy) is 1. The number of hydrogen-bond donors (Lipinski definition) is 3. The average Bonchev–Trinajstić information content (AvgIpc) is 2.60. The van der Waals surface area contributed by atoms with Crippen molar-refractivity contribution in [3.8, 4) is 5.75 Å². The van der Waals surface area contributed by atoms with Crippen molar-refractivity contribution in [1.29, 1.82) is 0 Å². The highest BCUT2D eigenvalue weighted by Gasteiger charge is 2.17. The number of nitrogens with zero attached hydrogens (tertiary/aromatic N) is 2. The second-order valence-corrected chi connectivity index (χ2v) is 9.58. The van der Waals surface area contributed by atoms with Crippen LogP contribution in [0.2, 0.25) is 0 Å². The van der Waals surface area contributed by atoms with Crippen molar-refractivity contribution in [2.75, 3.05) is 20.4 Å². The summed E-state index contributed by atoms with van der Waals surface area (Å²) in [7, 11) is -4.32. The first-order chi connectivity index (χ1) is 13.7. The number of aliphatic imine (C=N–C) groups is 1. The van der Waals surface area contributed by atoms with Gasteiger partial charge in [-0.3, -0.25) is 4.55 Å². The zero-order chi connectivity index (χ0) is 23.1. The van der Waals surface area contributed by atoms with Gasteiger partial charge in [-0.25, -0.2) is 22.5 Å². The smallest absolute Gasteiger partial charge is 0.343 e. The molecule has 164 valence electrons. The SMILES string of the molecule is CN(C)S(=O)(=O)c1ccc(OC(=O)c2ccc(N=C(N)N)cc2)cc1.CS(=O)(=O)O. The molecule has 5 N–H and O–H groups in total. The summed E-state index contributed by atoms with van der Waals surface area (Å²) >= 11 is 0. The van der Waals surface area contributed by atoms with Crippen LogP contribution < -0.4 is 16.2 Å². The minimum absolute atomic E-state index is 0.0805. The maximum Gasteiger partial charge on any atom is 0.343 e. The van der Waals surface area contributed by atoms with E-state index < -0.39 is 26.1 Å². The Labute approximate surface area is 174 Å². The van der Waals surface area contributed by atoms with Crippen LogP contribution in [0, 0.1) is 0 Å². The summed E-state index contributed by atoms with van der Waals surface area (Å²) in [5.74, 6) is -0.432. The van der Waals surface area contributed by atoms with E-state index in [0.29, 0.717) is 17.5 Å². The normalized spacial score (nSPS) is 11.2. The average molecular weight is 459 g/mol. The zero-order valence-electron chi connectivity index (χ0n) is 16.4. The van der Waals surface area contributed by atoms with Crippen molar-refractivity contribution < 1.29 is 30.9 Å². The summed E-state index contributed by atoms with van der Waals surface area (Å²) in [6.07, 6.45) is 0.715. The van der Waals surface area contributed by atoms with Crippen LogP contribution in [-0.4, -0.2) is 58.0 Å². The molecular weight excluding hydrogens is 436 g/mol. The van der Waals surface area contributed by atoms with Gasteiger partial charge in [0, 0.05) is 14.1 Å². The molecule has 0 bridgehead atoms. The maximum atomic E-state index is 12.1. The van der Waals surface area contributed by atoms with E-state index >= 15 is 0 Å². The molecular formula is C17H22N4O7S2. The molecule has 0 saturated heterocycles. The van der Waals surface area contributed by atoms with Crippen LogP contribution in [0.3, 0.4) is 0 Å². The van der Waals surface area contributed by atoms with Gasteiger partial charge in [-0.15, -0.1) is 0 Å². The third-order valence-corrected chi connectivity index (χ3v) is 5.00. The van der Waals surface area contributed by atoms with Gasteiger partial charge in [0.05, 0.1) is 22.4 Å². The molecule has 0 aliphatic heterocycles. The standard InChI is InChI=1S/C16H18N4O4S.CH4O3S/c1-20(2)25(22,23)14-9-7-13(8-10-14)24-15(21)11-3-5-12(6-4-11)19-16(17)18;1-5(2,3)4/h3-10H,1-2H3,(H4,17,18,19);1H3,(H,2,3,4). The van der Waals surface area contributed by atoms with Crippen LogP contribution in [0.5, 0.6) is 5.75 Å². The molecule has 0 saturated carbocycles. The molecule has 13 heteroatoms. The molecule has 0 aliphatic rings. The molecule has 0 aliphatic carbocycles. The van der Waals surface area contributed by atoms with Crippen molar-refractivity contribution in [2.24, 2.45) is 16.5 Å². The van der Waals surface area contributed by atoms with E-state index in [-0.39, 0.29) is 16.6 Å². The lowest BCUT2D eigenvalue weighted by Crippen LogP contribution is -2.22. The highest BCUT2D eigenvalue weighted by Crippen LogP contribution is 2.20. The van der Waals surface area contributed by atoms with Crippen LogP contribution in [0.4, 0.5) is 5.69 Å². The lowest BCUT2D eigenvalue weighted by Gasteiger charge is -2.11. The van der Waals surface area contributed by atoms with Gasteiger partial charge in [0.25, 0.3) is 10.1 Å². The Kier molecular flexibility index (Phi) is 8.48. The lowest BCUT2D eigenvalue weighted by molar-refractivity contribution is 0.0734. The highest BCUT2D eigenvalue weighted by atomic mass is 32.2. The Morgan fingerprint density at radius 3 is 1.83 bits per heavy atom. The van der Waals surface area contributed by atoms with E-state index in [4.69, 9.17) is 20.8 Å². The fourth-order valence-corrected chi connectivity index (χ4v) is 2.78. The first-order valence-electron chi connectivity index (χ1n) is 8.07. The summed E-state index contributed by atoms with van der Waals surface area (Å²) in [4.78, 5) is 16.1. The van der Waals surface area contributed by atoms with Crippen molar-refractivity contribution >= 4 is 37.8 Å². The predicted octanol–water partition coefficient (Wildman–Crippen LogP) is 0.565. The zero-order valence-corrected chi connectivity index (χ0v) is 18.0. The molecule has 2 rings (SSSR count). The second-order valence-electron chi connectivity index (χ2n) is 5.96. The van der Waals surface area contributed by atoms with Gasteiger partial charge < -0.3 is 16.2 Å². The van der Waals surface area contributed by atoms with Crippen LogP contribution in [0.1, 0.15) is 10.4 Å². The van der Waals surface area contributed by atoms with Crippen molar-refractivity contribution in [3.05, 3.63) is 54.1 Å². The van der Waals surface area contributed by atoms with Gasteiger partial charge >= 0.3 is 5.97 Å². The third kappa shape index (κ3) is 8.57. The molecule has 0 aromatic heterocycles. The van der Waals surface area contributed by atoms with Gasteiger partial charge in [0.2, 0.25) is 10.0 Å². The van der Waals surface area contributed by atoms with E-state index in [1.165, 1.54) is 50.5 Å². The van der Waals surface area contributed by atoms with Crippen molar-refractivity contribution in [1.82, 2.24) is 4.31 Å². The number of hydrogen-bond acceptors (Lipinski definition) is 7. The minimum Gasteiger partial charge on any atom is -0.423 e. The summed E-state index contributed by atoms with van der Waals surface area (Å²) in [5.41, 5.74) is 11.4. The van der Waals surface area contributed by atoms with Gasteiger partial charge in [-0.2, -0.15) is 8.42 Å². The van der Waals surface area contributed by atoms with Gasteiger partial charge in [-0.05, 0) is 48.5 Å². The highest BCUT2D eigenvalue weighted by molar-refractivity contribution is 7.89. The summed E-state index contributed by atoms with van der Waals surface area (Å²) in [6.45, 7) is 0. The van der Waals surface area contributed by atoms with Gasteiger partial charge in [0.15, 0.2) is 5.96 Å². The van der Waals surface area contributed by atoms with E-state index in [1.807, 2.05) is 0 Å². The Morgan fingerprint density at radius 2 is 1.43 bits per heavy atom. The predicted molar refractivity (Wildman–Crippen MR) is 112 cm³/mol. The molecule has 30 heavy (non-hydrogen) atoms. The Bertz CT molecular complexity index is 1100. The summed E-state index contributed by atoms with van der Waals surface area (Å²) in [6, 6.07) is 11.8. The molecule has 11 nitrogen and oxygen atoms in total. The Balaban J connectivity index is 0.000000804. The second kappa shape index (κ2) is 10.2. The fourth-order valence-electron chi connectivity index (χ4n) is 1.88. The van der Waals surface area contributed by atoms with Crippen LogP contribution in [-0.2, 0) is 20.1 Å². The minimum atomic E-state index is -3.67. The lowest BCUT2D eigenvalue weighted by atomic mass is 10.2. The Hall–Kier alpha value is -3.00. The Morgan fingerprint density at radius 1 is 0.967 bits per heavy atom. The number of nitrogens with two attached hydrogens (primary N) is 2. The maximum absolute atomic E-state index is 12.1. The number of rotatable bonds is 5. The summed E-state index contributed by atoms with van der Waals surface area (Å²) in [5, 5.41) is 0. The number of guanidine groups is 1. The van der Waals surface area contributed by atoms with E-state index in [2.05, 4.69) is 4.99 Å².